The number of fused-ring (bicyclic) bond motifs is 1. The van der Waals surface area contributed by atoms with Crippen molar-refractivity contribution in [2.75, 3.05) is 5.32 Å². The van der Waals surface area contributed by atoms with Gasteiger partial charge in [0, 0.05) is 23.7 Å². The van der Waals surface area contributed by atoms with Crippen molar-refractivity contribution in [3.8, 4) is 6.07 Å². The molecule has 4 heteroatoms. The van der Waals surface area contributed by atoms with Gasteiger partial charge in [0.25, 0.3) is 0 Å². The molecule has 0 radical (unpaired) electrons. The van der Waals surface area contributed by atoms with Gasteiger partial charge in [-0.1, -0.05) is 18.2 Å². The third-order valence-electron chi connectivity index (χ3n) is 3.42. The van der Waals surface area contributed by atoms with Crippen molar-refractivity contribution in [2.45, 2.75) is 24.9 Å². The Morgan fingerprint density at radius 1 is 1.33 bits per heavy atom. The zero-order valence-corrected chi connectivity index (χ0v) is 9.93. The average Bonchev–Trinajstić information content (AvgIpc) is 2.37. The van der Waals surface area contributed by atoms with E-state index in [4.69, 9.17) is 5.73 Å². The van der Waals surface area contributed by atoms with Crippen LogP contribution in [0.4, 0.5) is 5.69 Å². The molecule has 1 aliphatic carbocycles. The van der Waals surface area contributed by atoms with Gasteiger partial charge in [0.1, 0.15) is 6.07 Å². The first-order valence-electron chi connectivity index (χ1n) is 6.08. The highest BCUT2D eigenvalue weighted by atomic mass is 15.0. The van der Waals surface area contributed by atoms with E-state index in [9.17, 15) is 5.26 Å². The minimum atomic E-state index is 0.293. The SMILES string of the molecule is N#Cc1cnc2ccccc2c1NC1CC(N)C1. The zero-order valence-electron chi connectivity index (χ0n) is 9.93. The number of para-hydroxylation sites is 1. The fourth-order valence-corrected chi connectivity index (χ4v) is 2.37. The molecule has 0 amide bonds. The average molecular weight is 238 g/mol. The molecule has 3 N–H and O–H groups in total. The normalized spacial score (nSPS) is 22.2. The maximum atomic E-state index is 9.18. The Labute approximate surface area is 105 Å². The van der Waals surface area contributed by atoms with Crippen molar-refractivity contribution in [1.82, 2.24) is 4.98 Å². The van der Waals surface area contributed by atoms with E-state index in [0.717, 1.165) is 29.4 Å². The Bertz CT molecular complexity index is 623. The molecule has 1 aliphatic rings. The molecule has 1 aromatic carbocycles. The molecule has 90 valence electrons. The number of nitrogens with zero attached hydrogens (tertiary/aromatic N) is 2. The number of anilines is 1. The molecule has 0 aliphatic heterocycles. The second-order valence-electron chi connectivity index (χ2n) is 4.75. The van der Waals surface area contributed by atoms with Gasteiger partial charge in [-0.05, 0) is 18.9 Å². The third kappa shape index (κ3) is 1.79. The highest BCUT2D eigenvalue weighted by Gasteiger charge is 2.26. The van der Waals surface area contributed by atoms with Crippen molar-refractivity contribution in [2.24, 2.45) is 5.73 Å². The lowest BCUT2D eigenvalue weighted by atomic mass is 9.87. The lowest BCUT2D eigenvalue weighted by Crippen LogP contribution is -2.44. The van der Waals surface area contributed by atoms with Gasteiger partial charge in [-0.3, -0.25) is 4.98 Å². The van der Waals surface area contributed by atoms with Gasteiger partial charge in [0.2, 0.25) is 0 Å². The lowest BCUT2D eigenvalue weighted by molar-refractivity contribution is 0.374. The lowest BCUT2D eigenvalue weighted by Gasteiger charge is -2.34. The van der Waals surface area contributed by atoms with Crippen LogP contribution in [0.1, 0.15) is 18.4 Å². The quantitative estimate of drug-likeness (QED) is 0.839. The van der Waals surface area contributed by atoms with E-state index in [1.807, 2.05) is 24.3 Å². The number of aromatic nitrogens is 1. The van der Waals surface area contributed by atoms with Gasteiger partial charge in [-0.15, -0.1) is 0 Å². The highest BCUT2D eigenvalue weighted by molar-refractivity contribution is 5.94. The summed E-state index contributed by atoms with van der Waals surface area (Å²) < 4.78 is 0. The van der Waals surface area contributed by atoms with Crippen LogP contribution < -0.4 is 11.1 Å². The van der Waals surface area contributed by atoms with Crippen molar-refractivity contribution < 1.29 is 0 Å². The summed E-state index contributed by atoms with van der Waals surface area (Å²) in [6.45, 7) is 0. The van der Waals surface area contributed by atoms with Gasteiger partial charge in [-0.2, -0.15) is 5.26 Å². The van der Waals surface area contributed by atoms with Crippen LogP contribution >= 0.6 is 0 Å². The largest absolute Gasteiger partial charge is 0.381 e. The monoisotopic (exact) mass is 238 g/mol. The Balaban J connectivity index is 2.04. The fourth-order valence-electron chi connectivity index (χ4n) is 2.37. The van der Waals surface area contributed by atoms with Crippen LogP contribution in [-0.4, -0.2) is 17.1 Å². The second-order valence-corrected chi connectivity index (χ2v) is 4.75. The van der Waals surface area contributed by atoms with Crippen LogP contribution in [-0.2, 0) is 0 Å². The molecule has 0 spiro atoms. The summed E-state index contributed by atoms with van der Waals surface area (Å²) in [5, 5.41) is 13.6. The van der Waals surface area contributed by atoms with Crippen LogP contribution in [0.5, 0.6) is 0 Å². The van der Waals surface area contributed by atoms with E-state index in [1.165, 1.54) is 0 Å². The summed E-state index contributed by atoms with van der Waals surface area (Å²) in [6.07, 6.45) is 3.55. The van der Waals surface area contributed by atoms with Crippen LogP contribution in [0.2, 0.25) is 0 Å². The molecule has 0 saturated heterocycles. The minimum Gasteiger partial charge on any atom is -0.381 e. The van der Waals surface area contributed by atoms with Crippen molar-refractivity contribution in [1.29, 1.82) is 5.26 Å². The van der Waals surface area contributed by atoms with Gasteiger partial charge in [0.15, 0.2) is 0 Å². The first-order chi connectivity index (χ1) is 8.78. The minimum absolute atomic E-state index is 0.293. The molecule has 0 atom stereocenters. The van der Waals surface area contributed by atoms with Crippen LogP contribution in [0, 0.1) is 11.3 Å². The second kappa shape index (κ2) is 4.28. The number of nitrogens with two attached hydrogens (primary N) is 1. The van der Waals surface area contributed by atoms with Crippen molar-refractivity contribution in [3.63, 3.8) is 0 Å². The number of hydrogen-bond donors (Lipinski definition) is 2. The standard InChI is InChI=1S/C14H14N4/c15-7-9-8-17-13-4-2-1-3-12(13)14(9)18-11-5-10(16)6-11/h1-4,8,10-11H,5-6,16H2,(H,17,18). The Morgan fingerprint density at radius 3 is 2.83 bits per heavy atom. The molecule has 1 saturated carbocycles. The molecule has 18 heavy (non-hydrogen) atoms. The fraction of sp³-hybridized carbons (Fsp3) is 0.286. The number of benzene rings is 1. The number of nitrogens with one attached hydrogen (secondary N) is 1. The van der Waals surface area contributed by atoms with Gasteiger partial charge in [-0.25, -0.2) is 0 Å². The van der Waals surface area contributed by atoms with Crippen LogP contribution in [0.15, 0.2) is 30.5 Å². The maximum Gasteiger partial charge on any atom is 0.103 e. The predicted molar refractivity (Wildman–Crippen MR) is 71.1 cm³/mol. The molecule has 0 unspecified atom stereocenters. The molecule has 0 bridgehead atoms. The molecule has 1 aromatic heterocycles. The van der Waals surface area contributed by atoms with Gasteiger partial charge in [0.05, 0.1) is 16.8 Å². The molecule has 1 fully saturated rings. The Hall–Kier alpha value is -2.12. The van der Waals surface area contributed by atoms with E-state index >= 15 is 0 Å². The Kier molecular flexibility index (Phi) is 2.62. The summed E-state index contributed by atoms with van der Waals surface area (Å²) >= 11 is 0. The van der Waals surface area contributed by atoms with Crippen LogP contribution in [0.3, 0.4) is 0 Å². The first kappa shape index (κ1) is 11.0. The predicted octanol–water partition coefficient (Wildman–Crippen LogP) is 2.01. The van der Waals surface area contributed by atoms with Gasteiger partial charge >= 0.3 is 0 Å². The topological polar surface area (TPSA) is 74.7 Å². The first-order valence-corrected chi connectivity index (χ1v) is 6.08. The Morgan fingerprint density at radius 2 is 2.11 bits per heavy atom. The summed E-state index contributed by atoms with van der Waals surface area (Å²) in [5.74, 6) is 0. The summed E-state index contributed by atoms with van der Waals surface area (Å²) in [4.78, 5) is 4.29. The van der Waals surface area contributed by atoms with Crippen LogP contribution in [0.25, 0.3) is 10.9 Å². The number of rotatable bonds is 2. The molecule has 4 nitrogen and oxygen atoms in total. The van der Waals surface area contributed by atoms with E-state index in [2.05, 4.69) is 16.4 Å². The van der Waals surface area contributed by atoms with Crippen molar-refractivity contribution in [3.05, 3.63) is 36.0 Å². The molecule has 1 heterocycles. The van der Waals surface area contributed by atoms with E-state index < -0.39 is 0 Å². The number of nitriles is 1. The molecular formula is C14H14N4. The number of pyridine rings is 1. The van der Waals surface area contributed by atoms with Gasteiger partial charge < -0.3 is 11.1 Å². The molecule has 3 rings (SSSR count). The summed E-state index contributed by atoms with van der Waals surface area (Å²) in [6, 6.07) is 10.7. The van der Waals surface area contributed by atoms with E-state index in [0.29, 0.717) is 17.6 Å². The zero-order chi connectivity index (χ0) is 12.5. The maximum absolute atomic E-state index is 9.18. The number of hydrogen-bond acceptors (Lipinski definition) is 4. The molecule has 2 aromatic rings. The summed E-state index contributed by atoms with van der Waals surface area (Å²) in [7, 11) is 0. The van der Waals surface area contributed by atoms with E-state index in [-0.39, 0.29) is 0 Å². The smallest absolute Gasteiger partial charge is 0.103 e. The highest BCUT2D eigenvalue weighted by Crippen LogP contribution is 2.29. The summed E-state index contributed by atoms with van der Waals surface area (Å²) in [5.41, 5.74) is 8.17. The third-order valence-corrected chi connectivity index (χ3v) is 3.42. The van der Waals surface area contributed by atoms with E-state index in [1.54, 1.807) is 6.20 Å². The van der Waals surface area contributed by atoms with Crippen molar-refractivity contribution >= 4 is 16.6 Å². The molecular weight excluding hydrogens is 224 g/mol.